The maximum Gasteiger partial charge on any atom is 0.243 e. The summed E-state index contributed by atoms with van der Waals surface area (Å²) >= 11 is 0. The normalized spacial score (nSPS) is 19.5. The van der Waals surface area contributed by atoms with E-state index in [9.17, 15) is 18.0 Å². The fourth-order valence-corrected chi connectivity index (χ4v) is 4.91. The number of hydrogen-bond donors (Lipinski definition) is 0. The summed E-state index contributed by atoms with van der Waals surface area (Å²) in [5.41, 5.74) is 1.65. The Hall–Kier alpha value is -1.93. The van der Waals surface area contributed by atoms with Crippen molar-refractivity contribution in [1.82, 2.24) is 9.21 Å². The van der Waals surface area contributed by atoms with Crippen LogP contribution in [0.5, 0.6) is 0 Å². The highest BCUT2D eigenvalue weighted by Gasteiger charge is 2.29. The molecule has 0 bridgehead atoms. The molecule has 1 aromatic carbocycles. The molecule has 2 aliphatic rings. The van der Waals surface area contributed by atoms with Crippen molar-refractivity contribution in [2.45, 2.75) is 31.1 Å². The van der Waals surface area contributed by atoms with E-state index in [1.807, 2.05) is 0 Å². The van der Waals surface area contributed by atoms with Crippen LogP contribution in [0.25, 0.3) is 0 Å². The molecule has 1 aromatic rings. The molecule has 25 heavy (non-hydrogen) atoms. The minimum atomic E-state index is -3.61. The SMILES string of the molecule is CC(=O)N1CCCN(S(=O)(=O)c2ccc3c(c2)CCC(=O)N3C)CC1. The third kappa shape index (κ3) is 3.41. The maximum atomic E-state index is 13.0. The zero-order chi connectivity index (χ0) is 18.2. The predicted molar refractivity (Wildman–Crippen MR) is 93.8 cm³/mol. The summed E-state index contributed by atoms with van der Waals surface area (Å²) in [5.74, 6) is 0.0145. The second-order valence-corrected chi connectivity index (χ2v) is 8.44. The van der Waals surface area contributed by atoms with E-state index in [0.29, 0.717) is 45.4 Å². The Labute approximate surface area is 148 Å². The van der Waals surface area contributed by atoms with Gasteiger partial charge in [0.2, 0.25) is 21.8 Å². The fraction of sp³-hybridized carbons (Fsp3) is 0.529. The third-order valence-electron chi connectivity index (χ3n) is 4.93. The van der Waals surface area contributed by atoms with Crippen LogP contribution in [-0.2, 0) is 26.0 Å². The Morgan fingerprint density at radius 3 is 2.56 bits per heavy atom. The van der Waals surface area contributed by atoms with Crippen molar-refractivity contribution in [1.29, 1.82) is 0 Å². The van der Waals surface area contributed by atoms with Crippen molar-refractivity contribution in [3.8, 4) is 0 Å². The van der Waals surface area contributed by atoms with Crippen molar-refractivity contribution in [3.63, 3.8) is 0 Å². The lowest BCUT2D eigenvalue weighted by molar-refractivity contribution is -0.128. The third-order valence-corrected chi connectivity index (χ3v) is 6.83. The highest BCUT2D eigenvalue weighted by Crippen LogP contribution is 2.30. The standard InChI is InChI=1S/C17H23N3O4S/c1-13(21)19-8-3-9-20(11-10-19)25(23,24)15-5-6-16-14(12-15)4-7-17(22)18(16)2/h5-6,12H,3-4,7-11H2,1-2H3. The Kier molecular flexibility index (Phi) is 4.83. The number of benzene rings is 1. The molecule has 0 spiro atoms. The number of nitrogens with zero attached hydrogens (tertiary/aromatic N) is 3. The van der Waals surface area contributed by atoms with Gasteiger partial charge in [-0.3, -0.25) is 9.59 Å². The molecule has 0 aliphatic carbocycles. The Morgan fingerprint density at radius 1 is 1.08 bits per heavy atom. The van der Waals surface area contributed by atoms with Gasteiger partial charge < -0.3 is 9.80 Å². The number of rotatable bonds is 2. The van der Waals surface area contributed by atoms with Crippen molar-refractivity contribution in [3.05, 3.63) is 23.8 Å². The van der Waals surface area contributed by atoms with Crippen LogP contribution in [-0.4, -0.2) is 62.7 Å². The first kappa shape index (κ1) is 17.9. The average molecular weight is 365 g/mol. The minimum absolute atomic E-state index is 0.0271. The molecule has 2 aliphatic heterocycles. The molecule has 0 radical (unpaired) electrons. The van der Waals surface area contributed by atoms with Gasteiger partial charge in [0.05, 0.1) is 4.90 Å². The first-order valence-electron chi connectivity index (χ1n) is 8.46. The van der Waals surface area contributed by atoms with Gasteiger partial charge in [-0.2, -0.15) is 4.31 Å². The number of amides is 2. The maximum absolute atomic E-state index is 13.0. The lowest BCUT2D eigenvalue weighted by atomic mass is 10.0. The van der Waals surface area contributed by atoms with Gasteiger partial charge in [0, 0.05) is 52.3 Å². The molecule has 0 N–H and O–H groups in total. The van der Waals surface area contributed by atoms with Gasteiger partial charge in [0.15, 0.2) is 0 Å². The van der Waals surface area contributed by atoms with Crippen molar-refractivity contribution in [2.75, 3.05) is 38.1 Å². The number of aryl methyl sites for hydroxylation is 1. The molecule has 136 valence electrons. The molecule has 3 rings (SSSR count). The van der Waals surface area contributed by atoms with Crippen molar-refractivity contribution < 1.29 is 18.0 Å². The van der Waals surface area contributed by atoms with E-state index in [1.165, 1.54) is 11.2 Å². The Balaban J connectivity index is 1.85. The van der Waals surface area contributed by atoms with Gasteiger partial charge >= 0.3 is 0 Å². The summed E-state index contributed by atoms with van der Waals surface area (Å²) in [5, 5.41) is 0. The van der Waals surface area contributed by atoms with Crippen LogP contribution in [0.2, 0.25) is 0 Å². The van der Waals surface area contributed by atoms with Crippen LogP contribution in [0.3, 0.4) is 0 Å². The highest BCUT2D eigenvalue weighted by atomic mass is 32.2. The molecule has 0 unspecified atom stereocenters. The van der Waals surface area contributed by atoms with Crippen LogP contribution in [0.1, 0.15) is 25.3 Å². The Bertz CT molecular complexity index is 806. The Morgan fingerprint density at radius 2 is 1.84 bits per heavy atom. The number of sulfonamides is 1. The van der Waals surface area contributed by atoms with E-state index >= 15 is 0 Å². The van der Waals surface area contributed by atoms with Gasteiger partial charge in [-0.25, -0.2) is 8.42 Å². The van der Waals surface area contributed by atoms with Gasteiger partial charge in [-0.1, -0.05) is 0 Å². The topological polar surface area (TPSA) is 78.0 Å². The summed E-state index contributed by atoms with van der Waals surface area (Å²) in [4.78, 5) is 26.8. The number of carbonyl (C=O) groups is 2. The molecular formula is C17H23N3O4S. The summed E-state index contributed by atoms with van der Waals surface area (Å²) < 4.78 is 27.4. The van der Waals surface area contributed by atoms with Crippen molar-refractivity contribution in [2.24, 2.45) is 0 Å². The molecule has 1 saturated heterocycles. The number of hydrogen-bond acceptors (Lipinski definition) is 4. The molecule has 7 nitrogen and oxygen atoms in total. The van der Waals surface area contributed by atoms with E-state index in [4.69, 9.17) is 0 Å². The lowest BCUT2D eigenvalue weighted by Crippen LogP contribution is -2.36. The van der Waals surface area contributed by atoms with Crippen LogP contribution >= 0.6 is 0 Å². The van der Waals surface area contributed by atoms with Crippen molar-refractivity contribution >= 4 is 27.5 Å². The molecule has 2 heterocycles. The van der Waals surface area contributed by atoms with E-state index < -0.39 is 10.0 Å². The van der Waals surface area contributed by atoms with E-state index in [1.54, 1.807) is 35.0 Å². The zero-order valence-electron chi connectivity index (χ0n) is 14.6. The van der Waals surface area contributed by atoms with Gasteiger partial charge in [-0.05, 0) is 36.6 Å². The lowest BCUT2D eigenvalue weighted by Gasteiger charge is -2.27. The minimum Gasteiger partial charge on any atom is -0.342 e. The summed E-state index contributed by atoms with van der Waals surface area (Å²) in [6, 6.07) is 4.96. The molecule has 0 aromatic heterocycles. The largest absolute Gasteiger partial charge is 0.342 e. The average Bonchev–Trinajstić information content (AvgIpc) is 2.84. The molecule has 8 heteroatoms. The van der Waals surface area contributed by atoms with Gasteiger partial charge in [0.1, 0.15) is 0 Å². The van der Waals surface area contributed by atoms with Crippen LogP contribution in [0.15, 0.2) is 23.1 Å². The van der Waals surface area contributed by atoms with E-state index in [2.05, 4.69) is 0 Å². The van der Waals surface area contributed by atoms with E-state index in [-0.39, 0.29) is 16.7 Å². The smallest absolute Gasteiger partial charge is 0.243 e. The van der Waals surface area contributed by atoms with Crippen LogP contribution < -0.4 is 4.90 Å². The molecule has 0 atom stereocenters. The first-order chi connectivity index (χ1) is 11.8. The summed E-state index contributed by atoms with van der Waals surface area (Å²) in [6.07, 6.45) is 1.57. The first-order valence-corrected chi connectivity index (χ1v) is 9.90. The number of fused-ring (bicyclic) bond motifs is 1. The second-order valence-electron chi connectivity index (χ2n) is 6.51. The quantitative estimate of drug-likeness (QED) is 0.778. The zero-order valence-corrected chi connectivity index (χ0v) is 15.4. The molecular weight excluding hydrogens is 342 g/mol. The van der Waals surface area contributed by atoms with Gasteiger partial charge in [0.25, 0.3) is 0 Å². The molecule has 2 amide bonds. The van der Waals surface area contributed by atoms with E-state index in [0.717, 1.165) is 11.3 Å². The van der Waals surface area contributed by atoms with Crippen LogP contribution in [0.4, 0.5) is 5.69 Å². The molecule has 1 fully saturated rings. The van der Waals surface area contributed by atoms with Crippen LogP contribution in [0, 0.1) is 0 Å². The second kappa shape index (κ2) is 6.76. The van der Waals surface area contributed by atoms with Gasteiger partial charge in [-0.15, -0.1) is 0 Å². The highest BCUT2D eigenvalue weighted by molar-refractivity contribution is 7.89. The predicted octanol–water partition coefficient (Wildman–Crippen LogP) is 0.838. The number of carbonyl (C=O) groups excluding carboxylic acids is 2. The monoisotopic (exact) mass is 365 g/mol. The summed E-state index contributed by atoms with van der Waals surface area (Å²) in [6.45, 7) is 3.21. The number of anilines is 1. The summed E-state index contributed by atoms with van der Waals surface area (Å²) in [7, 11) is -1.90. The fourth-order valence-electron chi connectivity index (χ4n) is 3.39. The molecule has 0 saturated carbocycles.